The number of rotatable bonds is 2. The van der Waals surface area contributed by atoms with E-state index in [0.717, 1.165) is 18.9 Å². The summed E-state index contributed by atoms with van der Waals surface area (Å²) >= 11 is 0. The molecule has 0 spiro atoms. The van der Waals surface area contributed by atoms with E-state index >= 15 is 0 Å². The van der Waals surface area contributed by atoms with E-state index in [-0.39, 0.29) is 23.4 Å². The van der Waals surface area contributed by atoms with Crippen molar-refractivity contribution in [2.75, 3.05) is 18.0 Å². The molecule has 2 atom stereocenters. The topological polar surface area (TPSA) is 69.6 Å². The van der Waals surface area contributed by atoms with Gasteiger partial charge in [-0.15, -0.1) is 0 Å². The van der Waals surface area contributed by atoms with Crippen LogP contribution in [0.25, 0.3) is 0 Å². The average Bonchev–Trinajstić information content (AvgIpc) is 2.80. The molecule has 2 saturated heterocycles. The fourth-order valence-corrected chi connectivity index (χ4v) is 3.21. The molecule has 1 amide bonds. The molecule has 6 heteroatoms. The van der Waals surface area contributed by atoms with Crippen LogP contribution in [0, 0.1) is 11.7 Å². The van der Waals surface area contributed by atoms with Gasteiger partial charge in [0.1, 0.15) is 11.4 Å². The molecule has 1 aromatic rings. The van der Waals surface area contributed by atoms with Crippen LogP contribution in [-0.2, 0) is 4.79 Å². The number of nitrogens with one attached hydrogen (secondary N) is 1. The summed E-state index contributed by atoms with van der Waals surface area (Å²) in [6.07, 6.45) is 1.59. The molecule has 20 heavy (non-hydrogen) atoms. The van der Waals surface area contributed by atoms with Crippen molar-refractivity contribution in [3.05, 3.63) is 29.6 Å². The lowest BCUT2D eigenvalue weighted by molar-refractivity contribution is -0.122. The Balaban J connectivity index is 2.02. The molecule has 0 radical (unpaired) electrons. The largest absolute Gasteiger partial charge is 0.478 e. The van der Waals surface area contributed by atoms with Gasteiger partial charge in [0.15, 0.2) is 0 Å². The molecule has 2 N–H and O–H groups in total. The minimum absolute atomic E-state index is 0.00739. The monoisotopic (exact) mass is 278 g/mol. The van der Waals surface area contributed by atoms with E-state index in [9.17, 15) is 19.1 Å². The number of piperidine rings is 1. The number of hydrogen-bond acceptors (Lipinski definition) is 3. The van der Waals surface area contributed by atoms with Gasteiger partial charge < -0.3 is 15.3 Å². The van der Waals surface area contributed by atoms with Crippen LogP contribution in [0.4, 0.5) is 10.1 Å². The first kappa shape index (κ1) is 12.9. The van der Waals surface area contributed by atoms with Gasteiger partial charge in [0.25, 0.3) is 0 Å². The van der Waals surface area contributed by atoms with Gasteiger partial charge in [0.05, 0.1) is 17.6 Å². The van der Waals surface area contributed by atoms with Crippen LogP contribution in [-0.4, -0.2) is 36.1 Å². The van der Waals surface area contributed by atoms with E-state index in [1.807, 2.05) is 4.90 Å². The first-order chi connectivity index (χ1) is 9.59. The maximum absolute atomic E-state index is 13.8. The van der Waals surface area contributed by atoms with Crippen molar-refractivity contribution in [1.29, 1.82) is 0 Å². The highest BCUT2D eigenvalue weighted by Gasteiger charge is 2.41. The molecule has 0 aliphatic carbocycles. The van der Waals surface area contributed by atoms with E-state index in [1.165, 1.54) is 6.07 Å². The molecule has 106 valence electrons. The number of carbonyl (C=O) groups excluding carboxylic acids is 1. The summed E-state index contributed by atoms with van der Waals surface area (Å²) < 4.78 is 13.8. The van der Waals surface area contributed by atoms with Crippen molar-refractivity contribution in [3.63, 3.8) is 0 Å². The third-order valence-electron chi connectivity index (χ3n) is 4.12. The molecule has 2 unspecified atom stereocenters. The van der Waals surface area contributed by atoms with E-state index in [0.29, 0.717) is 18.8 Å². The number of carbonyl (C=O) groups is 2. The Morgan fingerprint density at radius 3 is 3.00 bits per heavy atom. The summed E-state index contributed by atoms with van der Waals surface area (Å²) in [6.45, 7) is 1.12. The van der Waals surface area contributed by atoms with Crippen molar-refractivity contribution < 1.29 is 19.1 Å². The first-order valence-corrected chi connectivity index (χ1v) is 6.65. The van der Waals surface area contributed by atoms with E-state index < -0.39 is 11.8 Å². The number of carboxylic acids is 1. The second kappa shape index (κ2) is 4.77. The van der Waals surface area contributed by atoms with Crippen molar-refractivity contribution in [2.45, 2.75) is 18.9 Å². The number of anilines is 1. The molecule has 2 aliphatic heterocycles. The highest BCUT2D eigenvalue weighted by molar-refractivity contribution is 5.95. The lowest BCUT2D eigenvalue weighted by atomic mass is 9.90. The molecule has 0 bridgehead atoms. The molecule has 1 aromatic carbocycles. The minimum Gasteiger partial charge on any atom is -0.478 e. The quantitative estimate of drug-likeness (QED) is 0.854. The van der Waals surface area contributed by atoms with Gasteiger partial charge in [-0.2, -0.15) is 0 Å². The molecule has 0 saturated carbocycles. The number of hydrogen-bond donors (Lipinski definition) is 2. The van der Waals surface area contributed by atoms with Crippen LogP contribution < -0.4 is 10.2 Å². The van der Waals surface area contributed by atoms with Crippen molar-refractivity contribution in [1.82, 2.24) is 5.32 Å². The fraction of sp³-hybridized carbons (Fsp3) is 0.429. The molecule has 2 aliphatic rings. The maximum atomic E-state index is 13.8. The zero-order valence-electron chi connectivity index (χ0n) is 10.8. The van der Waals surface area contributed by atoms with Crippen LogP contribution in [0.3, 0.4) is 0 Å². The molecule has 2 heterocycles. The summed E-state index contributed by atoms with van der Waals surface area (Å²) in [5.74, 6) is -2.14. The Kier molecular flexibility index (Phi) is 3.08. The van der Waals surface area contributed by atoms with Crippen LogP contribution >= 0.6 is 0 Å². The molecule has 2 fully saturated rings. The number of amides is 1. The minimum atomic E-state index is -1.28. The number of fused-ring (bicyclic) bond motifs is 1. The second-order valence-electron chi connectivity index (χ2n) is 5.19. The van der Waals surface area contributed by atoms with Gasteiger partial charge in [-0.1, -0.05) is 6.07 Å². The predicted molar refractivity (Wildman–Crippen MR) is 70.2 cm³/mol. The standard InChI is InChI=1S/C14H15FN2O3/c15-9-4-1-5-10(12(9)14(19)20)17-6-2-3-8-11(17)7-16-13(8)18/h1,4-5,8,11H,2-3,6-7H2,(H,16,18)(H,19,20). The van der Waals surface area contributed by atoms with Crippen LogP contribution in [0.2, 0.25) is 0 Å². The Morgan fingerprint density at radius 2 is 2.25 bits per heavy atom. The van der Waals surface area contributed by atoms with Crippen LogP contribution in [0.5, 0.6) is 0 Å². The molecule has 3 rings (SSSR count). The SMILES string of the molecule is O=C(O)c1c(F)cccc1N1CCCC2C(=O)NCC21. The number of benzene rings is 1. The number of halogens is 1. The van der Waals surface area contributed by atoms with Gasteiger partial charge in [0.2, 0.25) is 5.91 Å². The zero-order chi connectivity index (χ0) is 14.3. The Bertz CT molecular complexity index is 576. The summed E-state index contributed by atoms with van der Waals surface area (Å²) in [7, 11) is 0. The van der Waals surface area contributed by atoms with Crippen molar-refractivity contribution >= 4 is 17.6 Å². The third kappa shape index (κ3) is 1.92. The molecular weight excluding hydrogens is 263 g/mol. The number of carboxylic acid groups (broad SMARTS) is 1. The van der Waals surface area contributed by atoms with Crippen LogP contribution in [0.15, 0.2) is 18.2 Å². The average molecular weight is 278 g/mol. The predicted octanol–water partition coefficient (Wildman–Crippen LogP) is 1.24. The zero-order valence-corrected chi connectivity index (χ0v) is 10.8. The second-order valence-corrected chi connectivity index (χ2v) is 5.19. The highest BCUT2D eigenvalue weighted by Crippen LogP contribution is 2.34. The first-order valence-electron chi connectivity index (χ1n) is 6.65. The van der Waals surface area contributed by atoms with Gasteiger partial charge >= 0.3 is 5.97 Å². The van der Waals surface area contributed by atoms with E-state index in [1.54, 1.807) is 6.07 Å². The summed E-state index contributed by atoms with van der Waals surface area (Å²) in [4.78, 5) is 24.9. The summed E-state index contributed by atoms with van der Waals surface area (Å²) in [6, 6.07) is 4.17. The van der Waals surface area contributed by atoms with Gasteiger partial charge in [-0.25, -0.2) is 9.18 Å². The fourth-order valence-electron chi connectivity index (χ4n) is 3.21. The molecule has 0 aromatic heterocycles. The third-order valence-corrected chi connectivity index (χ3v) is 4.12. The number of nitrogens with zero attached hydrogens (tertiary/aromatic N) is 1. The van der Waals surface area contributed by atoms with Gasteiger partial charge in [-0.05, 0) is 25.0 Å². The highest BCUT2D eigenvalue weighted by atomic mass is 19.1. The van der Waals surface area contributed by atoms with Gasteiger partial charge in [0, 0.05) is 13.1 Å². The Morgan fingerprint density at radius 1 is 1.45 bits per heavy atom. The van der Waals surface area contributed by atoms with Gasteiger partial charge in [-0.3, -0.25) is 4.79 Å². The summed E-state index contributed by atoms with van der Waals surface area (Å²) in [5, 5.41) is 12.0. The lowest BCUT2D eigenvalue weighted by Crippen LogP contribution is -2.46. The van der Waals surface area contributed by atoms with Crippen LogP contribution in [0.1, 0.15) is 23.2 Å². The smallest absolute Gasteiger partial charge is 0.340 e. The van der Waals surface area contributed by atoms with E-state index in [4.69, 9.17) is 0 Å². The molecule has 5 nitrogen and oxygen atoms in total. The lowest BCUT2D eigenvalue weighted by Gasteiger charge is -2.38. The Labute approximate surface area is 115 Å². The number of aromatic carboxylic acids is 1. The Hall–Kier alpha value is -2.11. The van der Waals surface area contributed by atoms with Crippen molar-refractivity contribution in [3.8, 4) is 0 Å². The van der Waals surface area contributed by atoms with Crippen molar-refractivity contribution in [2.24, 2.45) is 5.92 Å². The normalized spacial score (nSPS) is 25.2. The molecular formula is C14H15FN2O3. The summed E-state index contributed by atoms with van der Waals surface area (Å²) in [5.41, 5.74) is 0.0520. The van der Waals surface area contributed by atoms with E-state index in [2.05, 4.69) is 5.32 Å². The maximum Gasteiger partial charge on any atom is 0.340 e.